The third-order valence-electron chi connectivity index (χ3n) is 8.12. The number of benzene rings is 2. The van der Waals surface area contributed by atoms with E-state index in [-0.39, 0.29) is 84.7 Å². The van der Waals surface area contributed by atoms with E-state index in [1.165, 1.54) is 21.1 Å². The maximum atomic E-state index is 14.3. The van der Waals surface area contributed by atoms with Crippen molar-refractivity contribution in [1.29, 1.82) is 0 Å². The monoisotopic (exact) mass is 710 g/mol. The van der Waals surface area contributed by atoms with Crippen molar-refractivity contribution in [2.45, 2.75) is 91.7 Å². The van der Waals surface area contributed by atoms with Crippen LogP contribution in [0.15, 0.2) is 44.6 Å². The van der Waals surface area contributed by atoms with Crippen molar-refractivity contribution in [3.8, 4) is 23.0 Å². The van der Waals surface area contributed by atoms with E-state index in [4.69, 9.17) is 24.4 Å². The molecule has 13 heteroatoms. The van der Waals surface area contributed by atoms with Gasteiger partial charge in [0.1, 0.15) is 28.1 Å². The molecule has 1 heterocycles. The Morgan fingerprint density at radius 1 is 0.902 bits per heavy atom. The van der Waals surface area contributed by atoms with Crippen LogP contribution in [-0.4, -0.2) is 67.6 Å². The number of phenols is 1. The number of fused-ring (bicyclic) bond motifs is 2. The van der Waals surface area contributed by atoms with Crippen molar-refractivity contribution in [2.75, 3.05) is 27.4 Å². The largest absolute Gasteiger partial charge is 0.507 e. The maximum Gasteiger partial charge on any atom is 0.307 e. The van der Waals surface area contributed by atoms with Gasteiger partial charge in [0.05, 0.1) is 51.4 Å². The zero-order valence-electron chi connectivity index (χ0n) is 30.5. The number of amides is 2. The highest BCUT2D eigenvalue weighted by Gasteiger charge is 2.25. The molecule has 0 aliphatic heterocycles. The number of hydrogen-bond donors (Lipinski definition) is 4. The van der Waals surface area contributed by atoms with E-state index in [0.717, 1.165) is 11.1 Å². The van der Waals surface area contributed by atoms with Gasteiger partial charge < -0.3 is 44.6 Å². The highest BCUT2D eigenvalue weighted by molar-refractivity contribution is 5.98. The van der Waals surface area contributed by atoms with Gasteiger partial charge in [0.2, 0.25) is 17.2 Å². The topological polar surface area (TPSA) is 197 Å². The fourth-order valence-corrected chi connectivity index (χ4v) is 5.39. The Bertz CT molecular complexity index is 1850. The van der Waals surface area contributed by atoms with Gasteiger partial charge in [-0.1, -0.05) is 23.3 Å². The van der Waals surface area contributed by atoms with Crippen molar-refractivity contribution >= 4 is 39.7 Å². The minimum atomic E-state index is -0.970. The summed E-state index contributed by atoms with van der Waals surface area (Å²) < 4.78 is 28.8. The molecule has 0 radical (unpaired) electrons. The molecule has 0 aliphatic carbocycles. The lowest BCUT2D eigenvalue weighted by Gasteiger charge is -2.20. The predicted octanol–water partition coefficient (Wildman–Crippen LogP) is 4.91. The third kappa shape index (κ3) is 11.0. The summed E-state index contributed by atoms with van der Waals surface area (Å²) in [6, 6.07) is 2.30. The molecule has 3 aromatic rings. The Hall–Kier alpha value is -5.04. The first kappa shape index (κ1) is 40.4. The van der Waals surface area contributed by atoms with E-state index < -0.39 is 29.5 Å². The Morgan fingerprint density at radius 3 is 2.04 bits per heavy atom. The number of aromatic hydroxyl groups is 1. The minimum absolute atomic E-state index is 0.0169. The standard InChI is InChI=1S/C38H50N2O11/c1-21(2)12-14-24-27(49-17-9-11-32(43)40-26(23(5)41)18-33(44)47-6)19-29-35(36(24)45)37(46)34-25(15-13-22(3)4)38(48-7)30(20-28(34)51-29)50-16-8-10-31(39)42/h12-13,19-20,23,26,41,45H,8-11,14-18H2,1-7H3,(H2,39,42)(H,40,43)/t23?,26-/m0/s1. The van der Waals surface area contributed by atoms with Crippen molar-refractivity contribution in [3.63, 3.8) is 0 Å². The van der Waals surface area contributed by atoms with Gasteiger partial charge in [0.25, 0.3) is 0 Å². The van der Waals surface area contributed by atoms with Gasteiger partial charge in [0, 0.05) is 36.1 Å². The van der Waals surface area contributed by atoms with Gasteiger partial charge in [-0.15, -0.1) is 0 Å². The quantitative estimate of drug-likeness (QED) is 0.0571. The number of nitrogens with one attached hydrogen (secondary N) is 1. The number of carbonyl (C=O) groups excluding carboxylic acids is 3. The van der Waals surface area contributed by atoms with Crippen molar-refractivity contribution < 1.29 is 48.0 Å². The molecule has 0 spiro atoms. The van der Waals surface area contributed by atoms with Crippen LogP contribution in [0.2, 0.25) is 0 Å². The van der Waals surface area contributed by atoms with Crippen LogP contribution in [0.1, 0.15) is 77.8 Å². The first-order chi connectivity index (χ1) is 24.2. The molecule has 2 amide bonds. The number of primary amides is 1. The molecule has 0 saturated carbocycles. The molecule has 13 nitrogen and oxygen atoms in total. The molecule has 0 aliphatic rings. The second-order valence-electron chi connectivity index (χ2n) is 12.8. The van der Waals surface area contributed by atoms with E-state index in [1.54, 1.807) is 12.1 Å². The normalized spacial score (nSPS) is 12.2. The molecular formula is C38H50N2O11. The van der Waals surface area contributed by atoms with E-state index >= 15 is 0 Å². The first-order valence-corrected chi connectivity index (χ1v) is 16.9. The molecular weight excluding hydrogens is 660 g/mol. The second kappa shape index (κ2) is 18.8. The minimum Gasteiger partial charge on any atom is -0.507 e. The maximum absolute atomic E-state index is 14.3. The number of allylic oxidation sites excluding steroid dienone is 4. The summed E-state index contributed by atoms with van der Waals surface area (Å²) >= 11 is 0. The molecule has 2 aromatic carbocycles. The van der Waals surface area contributed by atoms with Gasteiger partial charge in [-0.3, -0.25) is 19.2 Å². The number of aliphatic hydroxyl groups excluding tert-OH is 1. The lowest BCUT2D eigenvalue weighted by Crippen LogP contribution is -2.43. The Balaban J connectivity index is 2.06. The molecule has 3 rings (SSSR count). The Morgan fingerprint density at radius 2 is 1.47 bits per heavy atom. The number of carbonyl (C=O) groups is 3. The second-order valence-corrected chi connectivity index (χ2v) is 12.8. The zero-order valence-corrected chi connectivity index (χ0v) is 30.5. The fourth-order valence-electron chi connectivity index (χ4n) is 5.39. The summed E-state index contributed by atoms with van der Waals surface area (Å²) in [4.78, 5) is 49.8. The van der Waals surface area contributed by atoms with Gasteiger partial charge in [0.15, 0.2) is 11.5 Å². The lowest BCUT2D eigenvalue weighted by molar-refractivity contribution is -0.142. The van der Waals surface area contributed by atoms with Gasteiger partial charge >= 0.3 is 5.97 Å². The number of aliphatic hydroxyl groups is 1. The number of esters is 1. The molecule has 0 saturated heterocycles. The summed E-state index contributed by atoms with van der Waals surface area (Å²) in [6.45, 7) is 9.40. The number of methoxy groups -OCH3 is 2. The molecule has 51 heavy (non-hydrogen) atoms. The van der Waals surface area contributed by atoms with Crippen LogP contribution in [0.3, 0.4) is 0 Å². The number of rotatable bonds is 19. The average Bonchev–Trinajstić information content (AvgIpc) is 3.06. The Labute approximate surface area is 297 Å². The number of phenolic OH excluding ortho intramolecular Hbond substituents is 1. The van der Waals surface area contributed by atoms with Crippen LogP contribution in [0, 0.1) is 0 Å². The average molecular weight is 711 g/mol. The molecule has 1 aromatic heterocycles. The van der Waals surface area contributed by atoms with E-state index in [1.807, 2.05) is 39.8 Å². The van der Waals surface area contributed by atoms with Crippen molar-refractivity contribution in [3.05, 3.63) is 56.8 Å². The lowest BCUT2D eigenvalue weighted by atomic mass is 9.98. The molecule has 5 N–H and O–H groups in total. The molecule has 1 unspecified atom stereocenters. The van der Waals surface area contributed by atoms with Gasteiger partial charge in [-0.05, 0) is 60.3 Å². The predicted molar refractivity (Wildman–Crippen MR) is 193 cm³/mol. The fraction of sp³-hybridized carbons (Fsp3) is 0.474. The summed E-state index contributed by atoms with van der Waals surface area (Å²) in [5.41, 5.74) is 8.00. The smallest absolute Gasteiger partial charge is 0.307 e. The summed E-state index contributed by atoms with van der Waals surface area (Å²) in [6.07, 6.45) is 4.08. The van der Waals surface area contributed by atoms with E-state index in [2.05, 4.69) is 10.1 Å². The number of nitrogens with two attached hydrogens (primary N) is 1. The van der Waals surface area contributed by atoms with E-state index in [0.29, 0.717) is 35.5 Å². The number of ether oxygens (including phenoxy) is 4. The summed E-state index contributed by atoms with van der Waals surface area (Å²) in [7, 11) is 2.70. The van der Waals surface area contributed by atoms with Crippen molar-refractivity contribution in [2.24, 2.45) is 5.73 Å². The first-order valence-electron chi connectivity index (χ1n) is 16.9. The number of hydrogen-bond acceptors (Lipinski definition) is 11. The van der Waals surface area contributed by atoms with Gasteiger partial charge in [-0.25, -0.2) is 0 Å². The van der Waals surface area contributed by atoms with Crippen LogP contribution in [0.25, 0.3) is 21.9 Å². The van der Waals surface area contributed by atoms with Crippen LogP contribution >= 0.6 is 0 Å². The molecule has 0 bridgehead atoms. The molecule has 278 valence electrons. The van der Waals surface area contributed by atoms with Crippen LogP contribution < -0.4 is 30.7 Å². The molecule has 2 atom stereocenters. The van der Waals surface area contributed by atoms with Crippen LogP contribution in [-0.2, 0) is 32.0 Å². The highest BCUT2D eigenvalue weighted by atomic mass is 16.5. The van der Waals surface area contributed by atoms with Crippen molar-refractivity contribution in [1.82, 2.24) is 5.32 Å². The highest BCUT2D eigenvalue weighted by Crippen LogP contribution is 2.41. The van der Waals surface area contributed by atoms with E-state index in [9.17, 15) is 29.4 Å². The van der Waals surface area contributed by atoms with Crippen LogP contribution in [0.4, 0.5) is 0 Å². The Kier molecular flexibility index (Phi) is 14.9. The SMILES string of the molecule is COC(=O)C[C@H](NC(=O)CCCOc1cc2oc3cc(OCCCC(N)=O)c(OC)c(CC=C(C)C)c3c(=O)c2c(O)c1CC=C(C)C)C(C)O. The third-order valence-corrected chi connectivity index (χ3v) is 8.12. The van der Waals surface area contributed by atoms with Gasteiger partial charge in [-0.2, -0.15) is 0 Å². The summed E-state index contributed by atoms with van der Waals surface area (Å²) in [5.74, 6) is -0.748. The molecule has 0 fully saturated rings. The van der Waals surface area contributed by atoms with Crippen LogP contribution in [0.5, 0.6) is 23.0 Å². The zero-order chi connectivity index (χ0) is 37.8. The summed E-state index contributed by atoms with van der Waals surface area (Å²) in [5, 5.41) is 24.5.